The fraction of sp³-hybridized carbons (Fsp3) is 0. The molecule has 2 atom stereocenters. The van der Waals surface area contributed by atoms with Gasteiger partial charge in [-0.1, -0.05) is 66.7 Å². The molecule has 0 heterocycles. The molecule has 104 valence electrons. The van der Waals surface area contributed by atoms with Crippen molar-refractivity contribution in [2.24, 2.45) is 0 Å². The Kier molecular flexibility index (Phi) is 4.34. The Labute approximate surface area is 130 Å². The van der Waals surface area contributed by atoms with Crippen molar-refractivity contribution < 1.29 is 0 Å². The lowest BCUT2D eigenvalue weighted by atomic mass is 10.0. The lowest BCUT2D eigenvalue weighted by molar-refractivity contribution is 1.57. The second-order valence-corrected chi connectivity index (χ2v) is 6.61. The minimum Gasteiger partial charge on any atom is -0.341 e. The van der Waals surface area contributed by atoms with Gasteiger partial charge in [-0.25, -0.2) is 0 Å². The maximum atomic E-state index is 2.63. The van der Waals surface area contributed by atoms with E-state index in [-0.39, 0.29) is 0 Å². The second kappa shape index (κ2) is 6.39. The molecule has 0 bridgehead atoms. The van der Waals surface area contributed by atoms with Crippen LogP contribution in [0.15, 0.2) is 78.9 Å². The number of hydrogen-bond donors (Lipinski definition) is 0. The molecular weight excluding hydrogens is 292 g/mol. The van der Waals surface area contributed by atoms with Gasteiger partial charge in [-0.2, -0.15) is 0 Å². The van der Waals surface area contributed by atoms with Gasteiger partial charge in [-0.05, 0) is 53.2 Å². The van der Waals surface area contributed by atoms with Gasteiger partial charge in [0.1, 0.15) is 0 Å². The van der Waals surface area contributed by atoms with Gasteiger partial charge in [0.25, 0.3) is 0 Å². The third kappa shape index (κ3) is 3.32. The molecule has 0 aliphatic rings. The molecule has 21 heavy (non-hydrogen) atoms. The smallest absolute Gasteiger partial charge is 0.0423 e. The minimum atomic E-state index is 1.15. The molecule has 0 radical (unpaired) electrons. The lowest BCUT2D eigenvalue weighted by Crippen LogP contribution is -1.89. The van der Waals surface area contributed by atoms with E-state index in [4.69, 9.17) is 0 Å². The third-order valence-electron chi connectivity index (χ3n) is 3.49. The van der Waals surface area contributed by atoms with Gasteiger partial charge < -0.3 is 4.44 Å². The fourth-order valence-electron chi connectivity index (χ4n) is 2.31. The van der Waals surface area contributed by atoms with Gasteiger partial charge in [0.2, 0.25) is 0 Å². The van der Waals surface area contributed by atoms with Gasteiger partial charge >= 0.3 is 0 Å². The van der Waals surface area contributed by atoms with Crippen LogP contribution in [0, 0.1) is 0 Å². The molecule has 0 aliphatic heterocycles. The highest BCUT2D eigenvalue weighted by Crippen LogP contribution is 2.28. The highest BCUT2D eigenvalue weighted by molar-refractivity contribution is 7.39. The molecule has 0 fully saturated rings. The minimum absolute atomic E-state index is 1.15. The number of hydrogen-bond acceptors (Lipinski definition) is 1. The molecule has 1 nitrogen and oxygen atoms in total. The quantitative estimate of drug-likeness (QED) is 0.585. The molecule has 0 aliphatic carbocycles. The van der Waals surface area contributed by atoms with E-state index in [1.165, 1.54) is 22.3 Å². The SMILES string of the molecule is PN(P)c1ccc(-c2ccc(-c3ccccc3)cc2)cc1. The molecule has 0 saturated heterocycles. The monoisotopic (exact) mass is 309 g/mol. The van der Waals surface area contributed by atoms with Gasteiger partial charge in [0.15, 0.2) is 0 Å². The summed E-state index contributed by atoms with van der Waals surface area (Å²) >= 11 is 0. The first-order valence-corrected chi connectivity index (χ1v) is 7.83. The van der Waals surface area contributed by atoms with E-state index in [1.807, 2.05) is 10.5 Å². The predicted molar refractivity (Wildman–Crippen MR) is 99.2 cm³/mol. The third-order valence-corrected chi connectivity index (χ3v) is 4.09. The van der Waals surface area contributed by atoms with Crippen LogP contribution in [-0.4, -0.2) is 0 Å². The molecule has 3 heteroatoms. The summed E-state index contributed by atoms with van der Waals surface area (Å²) in [6.45, 7) is 0. The number of benzene rings is 3. The van der Waals surface area contributed by atoms with Crippen LogP contribution in [0.5, 0.6) is 0 Å². The fourth-order valence-corrected chi connectivity index (χ4v) is 2.66. The zero-order valence-corrected chi connectivity index (χ0v) is 13.9. The van der Waals surface area contributed by atoms with E-state index >= 15 is 0 Å². The summed E-state index contributed by atoms with van der Waals surface area (Å²) < 4.78 is 1.95. The van der Waals surface area contributed by atoms with E-state index in [1.54, 1.807) is 0 Å². The zero-order chi connectivity index (χ0) is 14.7. The normalized spacial score (nSPS) is 10.4. The molecule has 0 saturated carbocycles. The highest BCUT2D eigenvalue weighted by Gasteiger charge is 2.01. The van der Waals surface area contributed by atoms with E-state index in [9.17, 15) is 0 Å². The van der Waals surface area contributed by atoms with Crippen molar-refractivity contribution in [3.05, 3.63) is 78.9 Å². The van der Waals surface area contributed by atoms with Crippen molar-refractivity contribution in [2.75, 3.05) is 4.44 Å². The number of anilines is 1. The molecule has 0 spiro atoms. The van der Waals surface area contributed by atoms with Crippen molar-refractivity contribution in [3.63, 3.8) is 0 Å². The molecule has 0 aromatic heterocycles. The molecular formula is C18H17NP2. The average Bonchev–Trinajstić information content (AvgIpc) is 2.56. The Morgan fingerprint density at radius 1 is 0.476 bits per heavy atom. The van der Waals surface area contributed by atoms with Crippen molar-refractivity contribution in [1.82, 2.24) is 0 Å². The maximum Gasteiger partial charge on any atom is 0.0423 e. The molecule has 0 amide bonds. The van der Waals surface area contributed by atoms with Crippen LogP contribution in [0.3, 0.4) is 0 Å². The summed E-state index contributed by atoms with van der Waals surface area (Å²) in [6, 6.07) is 27.7. The van der Waals surface area contributed by atoms with Crippen LogP contribution in [0.2, 0.25) is 0 Å². The largest absolute Gasteiger partial charge is 0.341 e. The van der Waals surface area contributed by atoms with Crippen LogP contribution < -0.4 is 4.44 Å². The highest BCUT2D eigenvalue weighted by atomic mass is 31.1. The molecule has 3 rings (SSSR count). The first kappa shape index (κ1) is 14.3. The van der Waals surface area contributed by atoms with Crippen LogP contribution in [-0.2, 0) is 0 Å². The maximum absolute atomic E-state index is 2.63. The van der Waals surface area contributed by atoms with Gasteiger partial charge in [-0.15, -0.1) is 0 Å². The first-order chi connectivity index (χ1) is 10.2. The van der Waals surface area contributed by atoms with Gasteiger partial charge in [-0.3, -0.25) is 0 Å². The molecule has 2 unspecified atom stereocenters. The van der Waals surface area contributed by atoms with Crippen molar-refractivity contribution >= 4 is 24.5 Å². The summed E-state index contributed by atoms with van der Waals surface area (Å²) in [5, 5.41) is 0. The van der Waals surface area contributed by atoms with E-state index in [2.05, 4.69) is 91.6 Å². The summed E-state index contributed by atoms with van der Waals surface area (Å²) in [7, 11) is 5.26. The summed E-state index contributed by atoms with van der Waals surface area (Å²) in [5.41, 5.74) is 6.11. The van der Waals surface area contributed by atoms with Crippen molar-refractivity contribution in [3.8, 4) is 22.3 Å². The van der Waals surface area contributed by atoms with Crippen LogP contribution in [0.25, 0.3) is 22.3 Å². The first-order valence-electron chi connectivity index (χ1n) is 6.79. The van der Waals surface area contributed by atoms with Crippen LogP contribution in [0.1, 0.15) is 0 Å². The van der Waals surface area contributed by atoms with E-state index in [0.29, 0.717) is 0 Å². The number of rotatable bonds is 3. The Balaban J connectivity index is 1.87. The Bertz CT molecular complexity index is 704. The summed E-state index contributed by atoms with van der Waals surface area (Å²) in [4.78, 5) is 0. The lowest BCUT2D eigenvalue weighted by Gasteiger charge is -2.12. The van der Waals surface area contributed by atoms with Gasteiger partial charge in [0, 0.05) is 5.69 Å². The van der Waals surface area contributed by atoms with Crippen molar-refractivity contribution in [1.29, 1.82) is 0 Å². The summed E-state index contributed by atoms with van der Waals surface area (Å²) in [6.07, 6.45) is 0. The van der Waals surface area contributed by atoms with Crippen molar-refractivity contribution in [2.45, 2.75) is 0 Å². The van der Waals surface area contributed by atoms with E-state index < -0.39 is 0 Å². The Morgan fingerprint density at radius 2 is 0.857 bits per heavy atom. The molecule has 0 N–H and O–H groups in total. The Morgan fingerprint density at radius 3 is 1.29 bits per heavy atom. The molecule has 3 aromatic carbocycles. The standard InChI is InChI=1S/C18H17NP2/c20-19(21)18-12-10-17(11-13-18)16-8-6-15(7-9-16)14-4-2-1-3-5-14/h1-13H,20-21H2. The predicted octanol–water partition coefficient (Wildman–Crippen LogP) is 5.41. The Hall–Kier alpha value is -1.68. The molecule has 3 aromatic rings. The van der Waals surface area contributed by atoms with Gasteiger partial charge in [0.05, 0.1) is 0 Å². The van der Waals surface area contributed by atoms with Crippen LogP contribution in [0.4, 0.5) is 5.69 Å². The van der Waals surface area contributed by atoms with E-state index in [0.717, 1.165) is 5.69 Å². The zero-order valence-electron chi connectivity index (χ0n) is 11.6. The summed E-state index contributed by atoms with van der Waals surface area (Å²) in [5.74, 6) is 0. The average molecular weight is 309 g/mol. The topological polar surface area (TPSA) is 3.24 Å². The van der Waals surface area contributed by atoms with Crippen LogP contribution >= 0.6 is 18.8 Å². The number of nitrogens with zero attached hydrogens (tertiary/aromatic N) is 1. The second-order valence-electron chi connectivity index (χ2n) is 4.90.